The summed E-state index contributed by atoms with van der Waals surface area (Å²) >= 11 is 0. The topological polar surface area (TPSA) is 35.2 Å². The molecule has 0 fully saturated rings. The number of para-hydroxylation sites is 1. The number of hydrogen-bond donors (Lipinski definition) is 1. The van der Waals surface area contributed by atoms with Crippen LogP contribution in [0.5, 0.6) is 11.5 Å². The maximum absolute atomic E-state index is 12.6. The molecule has 0 aliphatic heterocycles. The molecule has 0 aliphatic rings. The molecule has 2 nitrogen and oxygen atoms in total. The normalized spacial score (nSPS) is 15.2. The Bertz CT molecular complexity index is 642. The van der Waals surface area contributed by atoms with Gasteiger partial charge in [0.05, 0.1) is 5.69 Å². The second-order valence-corrected chi connectivity index (χ2v) is 6.49. The second kappa shape index (κ2) is 3.78. The van der Waals surface area contributed by atoms with Gasteiger partial charge in [-0.1, -0.05) is 37.6 Å². The average Bonchev–Trinajstić information content (AvgIpc) is 2.30. The first kappa shape index (κ1) is 14.4. The van der Waals surface area contributed by atoms with E-state index >= 15 is 0 Å². The molecular weight excluding hydrogens is 301 g/mol. The van der Waals surface area contributed by atoms with Gasteiger partial charge < -0.3 is 10.5 Å². The van der Waals surface area contributed by atoms with Gasteiger partial charge in [0.2, 0.25) is 0 Å². The first-order chi connectivity index (χ1) is 8.95. The van der Waals surface area contributed by atoms with Crippen molar-refractivity contribution in [3.63, 3.8) is 0 Å². The summed E-state index contributed by atoms with van der Waals surface area (Å²) in [5, 5.41) is 0. The van der Waals surface area contributed by atoms with Crippen molar-refractivity contribution in [2.24, 2.45) is 0 Å². The maximum atomic E-state index is 12.6. The van der Waals surface area contributed by atoms with Crippen LogP contribution in [0.15, 0.2) is 53.4 Å². The molecule has 110 valence electrons. The van der Waals surface area contributed by atoms with Crippen molar-refractivity contribution in [3.05, 3.63) is 48.5 Å². The van der Waals surface area contributed by atoms with Crippen LogP contribution in [0.4, 0.5) is 25.1 Å². The van der Waals surface area contributed by atoms with Crippen LogP contribution < -0.4 is 10.5 Å². The minimum absolute atomic E-state index is 0.123. The molecule has 0 heterocycles. The van der Waals surface area contributed by atoms with Crippen molar-refractivity contribution in [3.8, 4) is 11.5 Å². The minimum atomic E-state index is -9.72. The molecular formula is C12H10F5NOS. The quantitative estimate of drug-likeness (QED) is 0.581. The highest BCUT2D eigenvalue weighted by Gasteiger charge is 2.65. The van der Waals surface area contributed by atoms with Crippen LogP contribution in [0.2, 0.25) is 0 Å². The monoisotopic (exact) mass is 311 g/mol. The minimum Gasteiger partial charge on any atom is -0.455 e. The Kier molecular flexibility index (Phi) is 2.73. The Balaban J connectivity index is 2.38. The Morgan fingerprint density at radius 1 is 0.850 bits per heavy atom. The smallest absolute Gasteiger partial charge is 0.310 e. The molecule has 2 aromatic rings. The summed E-state index contributed by atoms with van der Waals surface area (Å²) in [5.41, 5.74) is 4.83. The van der Waals surface area contributed by atoms with Gasteiger partial charge in [-0.15, -0.1) is 0 Å². The first-order valence-corrected chi connectivity index (χ1v) is 7.27. The zero-order chi connectivity index (χ0) is 15.1. The largest absolute Gasteiger partial charge is 0.455 e. The Labute approximate surface area is 111 Å². The van der Waals surface area contributed by atoms with E-state index in [0.717, 1.165) is 6.07 Å². The summed E-state index contributed by atoms with van der Waals surface area (Å²) < 4.78 is 68.2. The number of rotatable bonds is 3. The highest BCUT2D eigenvalue weighted by atomic mass is 32.5. The fourth-order valence-corrected chi connectivity index (χ4v) is 2.15. The lowest BCUT2D eigenvalue weighted by Crippen LogP contribution is -2.07. The molecule has 0 unspecified atom stereocenters. The van der Waals surface area contributed by atoms with Gasteiger partial charge in [0.1, 0.15) is 16.4 Å². The fraction of sp³-hybridized carbons (Fsp3) is 0. The zero-order valence-electron chi connectivity index (χ0n) is 9.90. The van der Waals surface area contributed by atoms with Crippen molar-refractivity contribution in [1.29, 1.82) is 0 Å². The third-order valence-electron chi connectivity index (χ3n) is 2.40. The van der Waals surface area contributed by atoms with E-state index in [1.807, 2.05) is 0 Å². The highest BCUT2D eigenvalue weighted by molar-refractivity contribution is 8.45. The number of anilines is 1. The SMILES string of the molecule is Nc1cc(S(F)(F)(F)(F)F)ccc1Oc1ccccc1. The Hall–Kier alpha value is -1.96. The number of ether oxygens (including phenoxy) is 1. The number of hydrogen-bond acceptors (Lipinski definition) is 2. The van der Waals surface area contributed by atoms with Crippen molar-refractivity contribution < 1.29 is 24.2 Å². The lowest BCUT2D eigenvalue weighted by atomic mass is 10.3. The van der Waals surface area contributed by atoms with E-state index in [0.29, 0.717) is 5.75 Å². The van der Waals surface area contributed by atoms with E-state index in [4.69, 9.17) is 10.5 Å². The molecule has 8 heteroatoms. The van der Waals surface area contributed by atoms with E-state index in [1.165, 1.54) is 0 Å². The predicted octanol–water partition coefficient (Wildman–Crippen LogP) is 5.72. The van der Waals surface area contributed by atoms with Gasteiger partial charge in [0.25, 0.3) is 0 Å². The second-order valence-electron chi connectivity index (χ2n) is 4.08. The van der Waals surface area contributed by atoms with Crippen LogP contribution in [-0.2, 0) is 0 Å². The van der Waals surface area contributed by atoms with Crippen LogP contribution in [0.3, 0.4) is 0 Å². The third-order valence-corrected chi connectivity index (χ3v) is 3.54. The highest BCUT2D eigenvalue weighted by Crippen LogP contribution is 3.02. The molecule has 2 N–H and O–H groups in total. The first-order valence-electron chi connectivity index (χ1n) is 5.32. The van der Waals surface area contributed by atoms with E-state index < -0.39 is 20.8 Å². The van der Waals surface area contributed by atoms with E-state index in [2.05, 4.69) is 0 Å². The lowest BCUT2D eigenvalue weighted by Gasteiger charge is -2.40. The molecule has 0 saturated carbocycles. The fourth-order valence-electron chi connectivity index (χ4n) is 1.47. The summed E-state index contributed by atoms with van der Waals surface area (Å²) in [6, 6.07) is 9.33. The van der Waals surface area contributed by atoms with E-state index in [-0.39, 0.29) is 17.9 Å². The van der Waals surface area contributed by atoms with Gasteiger partial charge >= 0.3 is 10.2 Å². The molecule has 20 heavy (non-hydrogen) atoms. The molecule has 0 spiro atoms. The van der Waals surface area contributed by atoms with Crippen LogP contribution in [0, 0.1) is 0 Å². The standard InChI is InChI=1S/C12H10F5NOS/c13-20(14,15,16,17)10-6-7-12(11(18)8-10)19-9-4-2-1-3-5-9/h1-8H,18H2. The number of benzene rings is 2. The molecule has 2 rings (SSSR count). The summed E-state index contributed by atoms with van der Waals surface area (Å²) in [5.74, 6) is 0.209. The van der Waals surface area contributed by atoms with Crippen LogP contribution in [0.1, 0.15) is 0 Å². The molecule has 0 aromatic heterocycles. The van der Waals surface area contributed by atoms with Gasteiger partial charge in [-0.3, -0.25) is 0 Å². The molecule has 0 radical (unpaired) electrons. The number of nitrogens with two attached hydrogens (primary N) is 1. The summed E-state index contributed by atoms with van der Waals surface area (Å²) in [7, 11) is -9.72. The Morgan fingerprint density at radius 3 is 1.95 bits per heavy atom. The lowest BCUT2D eigenvalue weighted by molar-refractivity contribution is 0.364. The van der Waals surface area contributed by atoms with Crippen molar-refractivity contribution in [2.75, 3.05) is 5.73 Å². The molecule has 0 amide bonds. The van der Waals surface area contributed by atoms with Gasteiger partial charge in [-0.25, -0.2) is 0 Å². The molecule has 0 bridgehead atoms. The third kappa shape index (κ3) is 3.32. The molecule has 0 aliphatic carbocycles. The number of halogens is 5. The van der Waals surface area contributed by atoms with Crippen LogP contribution in [-0.4, -0.2) is 0 Å². The van der Waals surface area contributed by atoms with Crippen LogP contribution in [0.25, 0.3) is 0 Å². The summed E-state index contributed by atoms with van der Waals surface area (Å²) in [6.07, 6.45) is 0. The Morgan fingerprint density at radius 2 is 1.45 bits per heavy atom. The van der Waals surface area contributed by atoms with Crippen molar-refractivity contribution in [1.82, 2.24) is 0 Å². The average molecular weight is 311 g/mol. The van der Waals surface area contributed by atoms with Crippen molar-refractivity contribution >= 4 is 15.9 Å². The van der Waals surface area contributed by atoms with Crippen molar-refractivity contribution in [2.45, 2.75) is 4.90 Å². The van der Waals surface area contributed by atoms with Gasteiger partial charge in [0, 0.05) is 0 Å². The zero-order valence-corrected chi connectivity index (χ0v) is 10.7. The summed E-state index contributed by atoms with van der Waals surface area (Å²) in [6.45, 7) is 0. The maximum Gasteiger partial charge on any atom is 0.310 e. The molecule has 0 saturated heterocycles. The number of nitrogen functional groups attached to an aromatic ring is 1. The van der Waals surface area contributed by atoms with E-state index in [9.17, 15) is 19.4 Å². The van der Waals surface area contributed by atoms with Gasteiger partial charge in [-0.2, -0.15) is 0 Å². The predicted molar refractivity (Wildman–Crippen MR) is 68.8 cm³/mol. The molecule has 2 aromatic carbocycles. The summed E-state index contributed by atoms with van der Waals surface area (Å²) in [4.78, 5) is -2.04. The van der Waals surface area contributed by atoms with E-state index in [1.54, 1.807) is 30.3 Å². The van der Waals surface area contributed by atoms with Crippen LogP contribution >= 0.6 is 10.2 Å². The van der Waals surface area contributed by atoms with Gasteiger partial charge in [-0.05, 0) is 30.3 Å². The van der Waals surface area contributed by atoms with Gasteiger partial charge in [0.15, 0.2) is 0 Å². The molecule has 0 atom stereocenters.